The topological polar surface area (TPSA) is 50.2 Å². The molecule has 1 N–H and O–H groups in total. The number of nitrogens with zero attached hydrogens (tertiary/aromatic N) is 1. The molecule has 0 saturated carbocycles. The molecule has 62 valence electrons. The van der Waals surface area contributed by atoms with E-state index >= 15 is 0 Å². The summed E-state index contributed by atoms with van der Waals surface area (Å²) in [6, 6.07) is 3.33. The number of pyridine rings is 1. The van der Waals surface area contributed by atoms with Crippen molar-refractivity contribution in [2.45, 2.75) is 0 Å². The highest BCUT2D eigenvalue weighted by Crippen LogP contribution is 2.12. The molecule has 0 aromatic carbocycles. The fourth-order valence-corrected chi connectivity index (χ4v) is 0.855. The lowest BCUT2D eigenvalue weighted by Crippen LogP contribution is -1.87. The van der Waals surface area contributed by atoms with Gasteiger partial charge in [-0.25, -0.2) is 4.79 Å². The van der Waals surface area contributed by atoms with Crippen molar-refractivity contribution in [3.63, 3.8) is 0 Å². The van der Waals surface area contributed by atoms with E-state index in [1.165, 1.54) is 6.08 Å². The zero-order valence-corrected chi connectivity index (χ0v) is 6.82. The Morgan fingerprint density at radius 2 is 2.42 bits per heavy atom. The van der Waals surface area contributed by atoms with Crippen molar-refractivity contribution in [2.75, 3.05) is 0 Å². The minimum absolute atomic E-state index is 0.440. The van der Waals surface area contributed by atoms with Crippen LogP contribution in [0.1, 0.15) is 5.69 Å². The molecule has 0 unspecified atom stereocenters. The SMILES string of the molecule is O=C(O)/C=C/c1ncccc1Cl. The van der Waals surface area contributed by atoms with Crippen LogP contribution in [0.2, 0.25) is 5.02 Å². The van der Waals surface area contributed by atoms with Crippen LogP contribution in [0.3, 0.4) is 0 Å². The van der Waals surface area contributed by atoms with Gasteiger partial charge in [-0.2, -0.15) is 0 Å². The van der Waals surface area contributed by atoms with Crippen LogP contribution in [0, 0.1) is 0 Å². The van der Waals surface area contributed by atoms with Gasteiger partial charge >= 0.3 is 5.97 Å². The van der Waals surface area contributed by atoms with E-state index in [9.17, 15) is 4.79 Å². The van der Waals surface area contributed by atoms with E-state index in [1.54, 1.807) is 18.3 Å². The second-order valence-corrected chi connectivity index (χ2v) is 2.45. The zero-order chi connectivity index (χ0) is 8.97. The van der Waals surface area contributed by atoms with E-state index in [4.69, 9.17) is 16.7 Å². The molecular formula is C8H6ClNO2. The van der Waals surface area contributed by atoms with E-state index in [0.29, 0.717) is 10.7 Å². The first-order valence-corrected chi connectivity index (χ1v) is 3.59. The maximum atomic E-state index is 10.1. The Labute approximate surface area is 74.3 Å². The van der Waals surface area contributed by atoms with Crippen LogP contribution in [-0.2, 0) is 4.79 Å². The van der Waals surface area contributed by atoms with Gasteiger partial charge in [-0.1, -0.05) is 11.6 Å². The average molecular weight is 184 g/mol. The van der Waals surface area contributed by atoms with Crippen LogP contribution in [0.25, 0.3) is 6.08 Å². The first-order chi connectivity index (χ1) is 5.70. The van der Waals surface area contributed by atoms with Gasteiger partial charge in [0.1, 0.15) is 0 Å². The number of carboxylic acid groups (broad SMARTS) is 1. The Morgan fingerprint density at radius 1 is 1.67 bits per heavy atom. The van der Waals surface area contributed by atoms with Crippen LogP contribution in [0.15, 0.2) is 24.4 Å². The van der Waals surface area contributed by atoms with Crippen molar-refractivity contribution in [1.29, 1.82) is 0 Å². The summed E-state index contributed by atoms with van der Waals surface area (Å²) in [5, 5.41) is 8.75. The van der Waals surface area contributed by atoms with E-state index in [-0.39, 0.29) is 0 Å². The normalized spacial score (nSPS) is 10.4. The Bertz CT molecular complexity index is 323. The molecule has 0 aliphatic heterocycles. The molecule has 1 heterocycles. The highest BCUT2D eigenvalue weighted by Gasteiger charge is 1.95. The quantitative estimate of drug-likeness (QED) is 0.712. The van der Waals surface area contributed by atoms with Crippen LogP contribution < -0.4 is 0 Å². The smallest absolute Gasteiger partial charge is 0.328 e. The van der Waals surface area contributed by atoms with Crippen molar-refractivity contribution in [3.05, 3.63) is 35.1 Å². The number of aliphatic carboxylic acids is 1. The van der Waals surface area contributed by atoms with Gasteiger partial charge in [0, 0.05) is 12.3 Å². The molecule has 1 aromatic rings. The summed E-state index contributed by atoms with van der Waals surface area (Å²) in [6.07, 6.45) is 3.90. The van der Waals surface area contributed by atoms with Crippen LogP contribution in [-0.4, -0.2) is 16.1 Å². The van der Waals surface area contributed by atoms with Crippen molar-refractivity contribution in [3.8, 4) is 0 Å². The standard InChI is InChI=1S/C8H6ClNO2/c9-6-2-1-5-10-7(6)3-4-8(11)12/h1-5H,(H,11,12)/b4-3+. The van der Waals surface area contributed by atoms with Gasteiger partial charge in [-0.15, -0.1) is 0 Å². The molecule has 0 spiro atoms. The molecule has 4 heteroatoms. The largest absolute Gasteiger partial charge is 0.478 e. The molecule has 0 saturated heterocycles. The molecule has 12 heavy (non-hydrogen) atoms. The first-order valence-electron chi connectivity index (χ1n) is 3.21. The first kappa shape index (κ1) is 8.74. The number of halogens is 1. The molecule has 0 aliphatic carbocycles. The highest BCUT2D eigenvalue weighted by molar-refractivity contribution is 6.31. The number of hydrogen-bond donors (Lipinski definition) is 1. The summed E-state index contributed by atoms with van der Waals surface area (Å²) in [4.78, 5) is 14.0. The van der Waals surface area contributed by atoms with E-state index in [0.717, 1.165) is 6.08 Å². The lowest BCUT2D eigenvalue weighted by Gasteiger charge is -1.93. The van der Waals surface area contributed by atoms with Gasteiger partial charge < -0.3 is 5.11 Å². The summed E-state index contributed by atoms with van der Waals surface area (Å²) in [6.45, 7) is 0. The van der Waals surface area contributed by atoms with Crippen LogP contribution in [0.5, 0.6) is 0 Å². The fourth-order valence-electron chi connectivity index (χ4n) is 0.671. The zero-order valence-electron chi connectivity index (χ0n) is 6.07. The fraction of sp³-hybridized carbons (Fsp3) is 0. The molecule has 0 fully saturated rings. The Morgan fingerprint density at radius 3 is 3.00 bits per heavy atom. The molecule has 1 rings (SSSR count). The summed E-state index contributed by atoms with van der Waals surface area (Å²) < 4.78 is 0. The number of aromatic nitrogens is 1. The lowest BCUT2D eigenvalue weighted by atomic mass is 10.3. The molecule has 0 amide bonds. The second kappa shape index (κ2) is 3.88. The monoisotopic (exact) mass is 183 g/mol. The Kier molecular flexibility index (Phi) is 2.82. The summed E-state index contributed by atoms with van der Waals surface area (Å²) >= 11 is 5.70. The van der Waals surface area contributed by atoms with Crippen LogP contribution in [0.4, 0.5) is 0 Å². The maximum absolute atomic E-state index is 10.1. The predicted molar refractivity (Wildman–Crippen MR) is 45.9 cm³/mol. The molecular weight excluding hydrogens is 178 g/mol. The van der Waals surface area contributed by atoms with E-state index in [2.05, 4.69) is 4.98 Å². The Balaban J connectivity index is 2.89. The second-order valence-electron chi connectivity index (χ2n) is 2.04. The number of carbonyl (C=O) groups is 1. The Hall–Kier alpha value is -1.35. The molecule has 3 nitrogen and oxygen atoms in total. The van der Waals surface area contributed by atoms with E-state index in [1.807, 2.05) is 0 Å². The summed E-state index contributed by atoms with van der Waals surface area (Å²) in [5.74, 6) is -1.02. The van der Waals surface area contributed by atoms with Gasteiger partial charge in [0.25, 0.3) is 0 Å². The lowest BCUT2D eigenvalue weighted by molar-refractivity contribution is -0.131. The van der Waals surface area contributed by atoms with Crippen molar-refractivity contribution in [2.24, 2.45) is 0 Å². The molecule has 1 aromatic heterocycles. The molecule has 0 atom stereocenters. The third-order valence-corrected chi connectivity index (χ3v) is 1.49. The van der Waals surface area contributed by atoms with Crippen LogP contribution >= 0.6 is 11.6 Å². The van der Waals surface area contributed by atoms with Gasteiger partial charge in [0.05, 0.1) is 10.7 Å². The third-order valence-electron chi connectivity index (χ3n) is 1.17. The van der Waals surface area contributed by atoms with Crippen molar-refractivity contribution >= 4 is 23.6 Å². The summed E-state index contributed by atoms with van der Waals surface area (Å²) in [5.41, 5.74) is 0.460. The number of carboxylic acids is 1. The number of rotatable bonds is 2. The van der Waals surface area contributed by atoms with Gasteiger partial charge in [0.15, 0.2) is 0 Å². The van der Waals surface area contributed by atoms with Gasteiger partial charge in [0.2, 0.25) is 0 Å². The van der Waals surface area contributed by atoms with Crippen molar-refractivity contribution < 1.29 is 9.90 Å². The maximum Gasteiger partial charge on any atom is 0.328 e. The predicted octanol–water partition coefficient (Wildman–Crippen LogP) is 1.83. The third kappa shape index (κ3) is 2.36. The van der Waals surface area contributed by atoms with Gasteiger partial charge in [-0.05, 0) is 18.2 Å². The average Bonchev–Trinajstić information content (AvgIpc) is 2.03. The molecule has 0 aliphatic rings. The van der Waals surface area contributed by atoms with Gasteiger partial charge in [-0.3, -0.25) is 4.98 Å². The molecule has 0 bridgehead atoms. The number of hydrogen-bond acceptors (Lipinski definition) is 2. The summed E-state index contributed by atoms with van der Waals surface area (Å²) in [7, 11) is 0. The van der Waals surface area contributed by atoms with Crippen molar-refractivity contribution in [1.82, 2.24) is 4.98 Å². The molecule has 0 radical (unpaired) electrons. The highest BCUT2D eigenvalue weighted by atomic mass is 35.5. The van der Waals surface area contributed by atoms with E-state index < -0.39 is 5.97 Å². The minimum Gasteiger partial charge on any atom is -0.478 e. The minimum atomic E-state index is -1.02.